The van der Waals surface area contributed by atoms with Crippen LogP contribution in [-0.2, 0) is 91.3 Å². The van der Waals surface area contributed by atoms with Crippen molar-refractivity contribution in [2.24, 2.45) is 28.9 Å². The second-order valence-corrected chi connectivity index (χ2v) is 28.7. The lowest BCUT2D eigenvalue weighted by Crippen LogP contribution is -2.62. The number of benzene rings is 6. The molecule has 2 aliphatic rings. The van der Waals surface area contributed by atoms with Crippen LogP contribution in [0.4, 0.5) is 15.3 Å². The fourth-order valence-electron chi connectivity index (χ4n) is 13.2. The normalized spacial score (nSPS) is 15.9. The number of halogens is 1. The topological polar surface area (TPSA) is 501 Å². The Labute approximate surface area is 654 Å². The number of nitrogens with two attached hydrogens (primary N) is 4. The number of anilines is 1. The van der Waals surface area contributed by atoms with E-state index in [0.29, 0.717) is 72.1 Å². The Hall–Kier alpha value is -11.7. The number of carbonyl (C=O) groups excluding carboxylic acids is 12. The summed E-state index contributed by atoms with van der Waals surface area (Å²) in [5, 5.41) is 50.2. The van der Waals surface area contributed by atoms with Gasteiger partial charge >= 0.3 is 12.1 Å². The van der Waals surface area contributed by atoms with E-state index in [1.807, 2.05) is 42.5 Å². The van der Waals surface area contributed by atoms with E-state index in [9.17, 15) is 53.1 Å². The van der Waals surface area contributed by atoms with Crippen LogP contribution in [0.25, 0.3) is 10.8 Å². The molecule has 598 valence electrons. The zero-order chi connectivity index (χ0) is 81.0. The van der Waals surface area contributed by atoms with Gasteiger partial charge in [-0.15, -0.1) is 0 Å². The summed E-state index contributed by atoms with van der Waals surface area (Å²) in [4.78, 5) is 173. The van der Waals surface area contributed by atoms with Gasteiger partial charge in [0, 0.05) is 75.5 Å². The van der Waals surface area contributed by atoms with Gasteiger partial charge in [-0.25, -0.2) is 9.59 Å². The first-order valence-corrected chi connectivity index (χ1v) is 37.5. The number of likely N-dealkylation sites (tertiary alicyclic amines) is 1. The summed E-state index contributed by atoms with van der Waals surface area (Å²) in [6.07, 6.45) is -0.197. The van der Waals surface area contributed by atoms with Crippen LogP contribution in [0, 0.1) is 11.3 Å². The van der Waals surface area contributed by atoms with Crippen LogP contribution in [0.2, 0.25) is 5.02 Å². The molecule has 0 saturated carbocycles. The van der Waals surface area contributed by atoms with Crippen molar-refractivity contribution in [2.45, 2.75) is 152 Å². The molecule has 2 saturated heterocycles. The highest BCUT2D eigenvalue weighted by Crippen LogP contribution is 2.24. The second-order valence-electron chi connectivity index (χ2n) is 28.3. The van der Waals surface area contributed by atoms with E-state index >= 15 is 9.59 Å². The molecule has 10 atom stereocenters. The average molecular weight is 1560 g/mol. The summed E-state index contributed by atoms with van der Waals surface area (Å²) in [6.45, 7) is 7.22. The van der Waals surface area contributed by atoms with Crippen LogP contribution in [0.3, 0.4) is 0 Å². The quantitative estimate of drug-likeness (QED) is 0.0146. The smallest absolute Gasteiger partial charge is 0.316 e. The maximum absolute atomic E-state index is 15.4. The fourth-order valence-corrected chi connectivity index (χ4v) is 13.4. The molecule has 112 heavy (non-hydrogen) atoms. The molecular weight excluding hydrogens is 1460 g/mol. The number of nitrogens with one attached hydrogen (secondary N) is 12. The second kappa shape index (κ2) is 42.4. The minimum absolute atomic E-state index is 0.0209. The van der Waals surface area contributed by atoms with Gasteiger partial charge in [-0.1, -0.05) is 147 Å². The maximum atomic E-state index is 15.4. The summed E-state index contributed by atoms with van der Waals surface area (Å²) in [5.74, 6) is -9.16. The Morgan fingerprint density at radius 2 is 0.973 bits per heavy atom. The molecule has 0 bridgehead atoms. The van der Waals surface area contributed by atoms with Crippen LogP contribution >= 0.6 is 11.6 Å². The van der Waals surface area contributed by atoms with Crippen LogP contribution in [0.15, 0.2) is 146 Å². The fraction of sp³-hybridized carbons (Fsp3) is 0.405. The molecule has 32 nitrogen and oxygen atoms in total. The highest BCUT2D eigenvalue weighted by atomic mass is 35.5. The molecular formula is C79H101ClN18O14. The highest BCUT2D eigenvalue weighted by molar-refractivity contribution is 6.30. The SMILES string of the molecule is CC(C)C[C@H](NC(=O)[C@@H](Cc1ccc(NC(N)=O)cc1)NC(=O)[C@H](Cc1ccc(CN2CCOCC2)cc1)NC(=O)[C@H](CO)NC(=O)[C@@H](Cc1ccccc1)NC(=O)[C@@H](Cc1ccc(Cl)cc1)NC(=O)[C@@H](Cc1cccc2ccccc12)NC(N)=O)C(=O)N[C@@H](CCCNC(=N)N)C(=O)N1CCC[C@H]1C(=O)N[C@H](C)C(N)=O. The zero-order valence-corrected chi connectivity index (χ0v) is 63.5. The number of nitrogens with zero attached hydrogens (tertiary/aromatic N) is 2. The first kappa shape index (κ1) is 85.9. The first-order chi connectivity index (χ1) is 53.6. The molecule has 2 fully saturated rings. The van der Waals surface area contributed by atoms with Crippen LogP contribution in [0.1, 0.15) is 86.3 Å². The van der Waals surface area contributed by atoms with Gasteiger partial charge < -0.3 is 96.2 Å². The molecule has 0 aromatic heterocycles. The van der Waals surface area contributed by atoms with Crippen molar-refractivity contribution in [3.8, 4) is 0 Å². The first-order valence-electron chi connectivity index (χ1n) is 37.2. The standard InChI is InChI=1S/C79H101ClN18O14/c1-46(2)38-59(68(101)89-58(18-10-32-86-77(82)83)76(109)98-33-11-19-66(98)75(108)87-47(3)67(81)100)90-69(102)62(42-51-26-30-56(31-27-51)88-78(84)110)92-71(104)63(40-49-20-22-52(23-21-49)44-97-34-36-112-37-35-97)94-74(107)65(45-99)95-72(105)60(39-48-12-5-4-6-13-48)91-70(103)61(41-50-24-28-55(80)29-25-50)93-73(106)64(96-79(85)111)43-54-16-9-15-53-14-7-8-17-57(53)54/h4-9,12-17,20-31,46-47,58-66,99H,10-11,18-19,32-45H2,1-3H3,(H2,81,100)(H,87,108)(H,89,101)(H,90,102)(H,91,103)(H,92,104)(H,93,106)(H,94,107)(H,95,105)(H4,82,83,86)(H3,84,88,110)(H3,85,96,111)/t47-,58+,59+,60-,61-,62-,63+,64-,65+,66+/m1/s1. The molecule has 0 unspecified atom stereocenters. The largest absolute Gasteiger partial charge is 0.394 e. The number of morpholine rings is 1. The van der Waals surface area contributed by atoms with E-state index in [2.05, 4.69) is 63.4 Å². The van der Waals surface area contributed by atoms with Crippen molar-refractivity contribution in [2.75, 3.05) is 51.3 Å². The number of hydrogen-bond donors (Lipinski definition) is 17. The van der Waals surface area contributed by atoms with E-state index in [4.69, 9.17) is 44.7 Å². The molecule has 14 amide bonds. The predicted octanol–water partition coefficient (Wildman–Crippen LogP) is 1.04. The Bertz CT molecular complexity index is 4260. The Morgan fingerprint density at radius 1 is 0.509 bits per heavy atom. The molecule has 6 aromatic carbocycles. The van der Waals surface area contributed by atoms with Gasteiger partial charge in [-0.3, -0.25) is 58.3 Å². The molecule has 21 N–H and O–H groups in total. The van der Waals surface area contributed by atoms with Crippen molar-refractivity contribution < 1.29 is 67.4 Å². The number of guanidine groups is 1. The zero-order valence-electron chi connectivity index (χ0n) is 62.8. The van der Waals surface area contributed by atoms with Crippen LogP contribution in [-0.4, -0.2) is 198 Å². The number of primary amides is 3. The van der Waals surface area contributed by atoms with Crippen molar-refractivity contribution in [3.63, 3.8) is 0 Å². The van der Waals surface area contributed by atoms with Gasteiger partial charge in [0.2, 0.25) is 59.1 Å². The average Bonchev–Trinajstić information content (AvgIpc) is 1.71. The summed E-state index contributed by atoms with van der Waals surface area (Å²) < 4.78 is 5.55. The minimum Gasteiger partial charge on any atom is -0.394 e. The van der Waals surface area contributed by atoms with Crippen molar-refractivity contribution in [3.05, 3.63) is 184 Å². The van der Waals surface area contributed by atoms with Gasteiger partial charge in [0.15, 0.2) is 5.96 Å². The monoisotopic (exact) mass is 1560 g/mol. The van der Waals surface area contributed by atoms with Gasteiger partial charge in [0.1, 0.15) is 60.4 Å². The number of rotatable bonds is 39. The van der Waals surface area contributed by atoms with Gasteiger partial charge in [-0.2, -0.15) is 0 Å². The number of aliphatic hydroxyl groups is 1. The van der Waals surface area contributed by atoms with E-state index < -0.39 is 138 Å². The summed E-state index contributed by atoms with van der Waals surface area (Å²) in [6, 6.07) is 25.2. The lowest BCUT2D eigenvalue weighted by atomic mass is 9.97. The van der Waals surface area contributed by atoms with Crippen LogP contribution in [0.5, 0.6) is 0 Å². The molecule has 2 aliphatic heterocycles. The maximum Gasteiger partial charge on any atom is 0.316 e. The minimum atomic E-state index is -1.84. The molecule has 2 heterocycles. The Kier molecular flexibility index (Phi) is 32.5. The molecule has 6 aromatic rings. The third kappa shape index (κ3) is 26.8. The Morgan fingerprint density at radius 3 is 1.50 bits per heavy atom. The lowest BCUT2D eigenvalue weighted by Gasteiger charge is -2.31. The summed E-state index contributed by atoms with van der Waals surface area (Å²) in [7, 11) is 0. The summed E-state index contributed by atoms with van der Waals surface area (Å²) in [5.41, 5.74) is 25.9. The number of carbonyl (C=O) groups is 12. The molecule has 0 spiro atoms. The molecule has 0 aliphatic carbocycles. The number of amides is 14. The number of ether oxygens (including phenoxy) is 1. The van der Waals surface area contributed by atoms with E-state index in [-0.39, 0.29) is 88.4 Å². The van der Waals surface area contributed by atoms with Gasteiger partial charge in [-0.05, 0) is 113 Å². The summed E-state index contributed by atoms with van der Waals surface area (Å²) >= 11 is 6.27. The molecule has 33 heteroatoms. The van der Waals surface area contributed by atoms with Crippen molar-refractivity contribution in [1.29, 1.82) is 5.41 Å². The molecule has 0 radical (unpaired) electrons. The van der Waals surface area contributed by atoms with E-state index in [1.54, 1.807) is 105 Å². The highest BCUT2D eigenvalue weighted by Gasteiger charge is 2.41. The number of aliphatic hydroxyl groups excluding tert-OH is 1. The van der Waals surface area contributed by atoms with Crippen molar-refractivity contribution >= 4 is 105 Å². The van der Waals surface area contributed by atoms with Crippen molar-refractivity contribution in [1.82, 2.24) is 63.0 Å². The number of urea groups is 2. The Balaban J connectivity index is 1.08. The lowest BCUT2D eigenvalue weighted by molar-refractivity contribution is -0.142. The third-order valence-electron chi connectivity index (χ3n) is 19.1. The van der Waals surface area contributed by atoms with E-state index in [1.165, 1.54) is 24.0 Å². The number of fused-ring (bicyclic) bond motifs is 1. The molecule has 8 rings (SSSR count). The van der Waals surface area contributed by atoms with Gasteiger partial charge in [0.05, 0.1) is 19.8 Å². The third-order valence-corrected chi connectivity index (χ3v) is 19.4. The van der Waals surface area contributed by atoms with Gasteiger partial charge in [0.25, 0.3) is 0 Å². The van der Waals surface area contributed by atoms with E-state index in [0.717, 1.165) is 16.3 Å². The predicted molar refractivity (Wildman–Crippen MR) is 420 cm³/mol. The van der Waals surface area contributed by atoms with Crippen LogP contribution < -0.4 is 81.4 Å². The number of hydrogen-bond acceptors (Lipinski definition) is 16.